The Balaban J connectivity index is 2.04. The van der Waals surface area contributed by atoms with Crippen molar-refractivity contribution in [2.75, 3.05) is 0 Å². The van der Waals surface area contributed by atoms with E-state index in [1.165, 1.54) is 11.1 Å². The second-order valence-corrected chi connectivity index (χ2v) is 5.96. The van der Waals surface area contributed by atoms with E-state index in [2.05, 4.69) is 11.1 Å². The van der Waals surface area contributed by atoms with Crippen LogP contribution < -0.4 is 5.73 Å². The maximum atomic E-state index is 5.88. The fraction of sp³-hybridized carbons (Fsp3) is 0.267. The second kappa shape index (κ2) is 6.94. The van der Waals surface area contributed by atoms with Gasteiger partial charge in [-0.25, -0.2) is 4.98 Å². The second-order valence-electron chi connectivity index (χ2n) is 4.56. The van der Waals surface area contributed by atoms with Crippen molar-refractivity contribution in [3.63, 3.8) is 0 Å². The maximum absolute atomic E-state index is 5.88. The van der Waals surface area contributed by atoms with Crippen LogP contribution in [-0.2, 0) is 12.2 Å². The summed E-state index contributed by atoms with van der Waals surface area (Å²) in [5.41, 5.74) is 8.33. The quantitative estimate of drug-likeness (QED) is 0.849. The van der Waals surface area contributed by atoms with E-state index in [0.717, 1.165) is 22.2 Å². The molecule has 2 N–H and O–H groups in total. The molecule has 19 heavy (non-hydrogen) atoms. The minimum absolute atomic E-state index is 0.152. The number of rotatable bonds is 5. The molecule has 0 amide bonds. The monoisotopic (exact) mass is 292 g/mol. The Hall–Kier alpha value is -1.03. The molecule has 1 aromatic heterocycles. The molecule has 0 saturated heterocycles. The lowest BCUT2D eigenvalue weighted by atomic mass is 10.1. The van der Waals surface area contributed by atoms with Crippen molar-refractivity contribution >= 4 is 23.4 Å². The van der Waals surface area contributed by atoms with Crippen LogP contribution in [0.25, 0.3) is 0 Å². The lowest BCUT2D eigenvalue weighted by Gasteiger charge is -2.10. The topological polar surface area (TPSA) is 38.9 Å². The molecule has 1 aromatic carbocycles. The van der Waals surface area contributed by atoms with Crippen LogP contribution in [-0.4, -0.2) is 11.0 Å². The summed E-state index contributed by atoms with van der Waals surface area (Å²) in [7, 11) is 0. The number of hydrogen-bond donors (Lipinski definition) is 1. The van der Waals surface area contributed by atoms with Crippen molar-refractivity contribution in [1.29, 1.82) is 0 Å². The highest BCUT2D eigenvalue weighted by atomic mass is 35.5. The van der Waals surface area contributed by atoms with Gasteiger partial charge in [0.15, 0.2) is 0 Å². The normalized spacial score (nSPS) is 12.4. The van der Waals surface area contributed by atoms with Crippen molar-refractivity contribution in [3.05, 3.63) is 58.7 Å². The molecule has 0 spiro atoms. The highest BCUT2D eigenvalue weighted by Crippen LogP contribution is 2.25. The molecule has 2 nitrogen and oxygen atoms in total. The van der Waals surface area contributed by atoms with E-state index in [1.807, 2.05) is 43.5 Å². The fourth-order valence-corrected chi connectivity index (χ4v) is 2.88. The van der Waals surface area contributed by atoms with Crippen molar-refractivity contribution < 1.29 is 0 Å². The number of halogens is 1. The molecule has 0 bridgehead atoms. The molecule has 4 heteroatoms. The van der Waals surface area contributed by atoms with Crippen molar-refractivity contribution in [1.82, 2.24) is 4.98 Å². The van der Waals surface area contributed by atoms with Gasteiger partial charge in [-0.15, -0.1) is 11.8 Å². The summed E-state index contributed by atoms with van der Waals surface area (Å²) in [6.07, 6.45) is 2.69. The SMILES string of the molecule is CC(N)Cc1cccnc1SCc1ccc(Cl)cc1. The summed E-state index contributed by atoms with van der Waals surface area (Å²) in [5, 5.41) is 1.83. The van der Waals surface area contributed by atoms with Gasteiger partial charge in [0.25, 0.3) is 0 Å². The highest BCUT2D eigenvalue weighted by Gasteiger charge is 2.06. The van der Waals surface area contributed by atoms with Crippen LogP contribution in [0.1, 0.15) is 18.1 Å². The number of aromatic nitrogens is 1. The molecule has 0 saturated carbocycles. The van der Waals surface area contributed by atoms with Crippen LogP contribution in [0, 0.1) is 0 Å². The maximum Gasteiger partial charge on any atom is 0.0995 e. The fourth-order valence-electron chi connectivity index (χ4n) is 1.79. The first-order chi connectivity index (χ1) is 9.15. The van der Waals surface area contributed by atoms with Gasteiger partial charge in [-0.1, -0.05) is 29.8 Å². The average molecular weight is 293 g/mol. The molecule has 0 fully saturated rings. The number of nitrogens with zero attached hydrogens (tertiary/aromatic N) is 1. The standard InChI is InChI=1S/C15H17ClN2S/c1-11(17)9-13-3-2-8-18-15(13)19-10-12-4-6-14(16)7-5-12/h2-8,11H,9-10,17H2,1H3. The van der Waals surface area contributed by atoms with Gasteiger partial charge in [0.2, 0.25) is 0 Å². The molecular weight excluding hydrogens is 276 g/mol. The molecule has 2 aromatic rings. The zero-order chi connectivity index (χ0) is 13.7. The lowest BCUT2D eigenvalue weighted by Crippen LogP contribution is -2.18. The Labute approximate surface area is 123 Å². The first-order valence-electron chi connectivity index (χ1n) is 6.22. The van der Waals surface area contributed by atoms with Crippen LogP contribution in [0.2, 0.25) is 5.02 Å². The van der Waals surface area contributed by atoms with E-state index in [0.29, 0.717) is 0 Å². The van der Waals surface area contributed by atoms with Crippen LogP contribution in [0.5, 0.6) is 0 Å². The summed E-state index contributed by atoms with van der Waals surface area (Å²) in [4.78, 5) is 4.45. The van der Waals surface area contributed by atoms with E-state index in [-0.39, 0.29) is 6.04 Å². The number of nitrogens with two attached hydrogens (primary N) is 1. The summed E-state index contributed by atoms with van der Waals surface area (Å²) < 4.78 is 0. The number of pyridine rings is 1. The third-order valence-electron chi connectivity index (χ3n) is 2.68. The van der Waals surface area contributed by atoms with Gasteiger partial charge < -0.3 is 5.73 Å². The molecule has 2 rings (SSSR count). The molecule has 0 radical (unpaired) electrons. The third kappa shape index (κ3) is 4.53. The van der Waals surface area contributed by atoms with E-state index in [1.54, 1.807) is 11.8 Å². The van der Waals surface area contributed by atoms with Gasteiger partial charge in [0.1, 0.15) is 0 Å². The van der Waals surface area contributed by atoms with E-state index < -0.39 is 0 Å². The smallest absolute Gasteiger partial charge is 0.0995 e. The van der Waals surface area contributed by atoms with Crippen LogP contribution in [0.15, 0.2) is 47.6 Å². The van der Waals surface area contributed by atoms with Gasteiger partial charge in [0, 0.05) is 23.0 Å². The van der Waals surface area contributed by atoms with E-state index in [9.17, 15) is 0 Å². The van der Waals surface area contributed by atoms with Gasteiger partial charge in [-0.3, -0.25) is 0 Å². The third-order valence-corrected chi connectivity index (χ3v) is 4.05. The molecule has 0 aliphatic carbocycles. The average Bonchev–Trinajstić information content (AvgIpc) is 2.39. The zero-order valence-corrected chi connectivity index (χ0v) is 12.4. The first-order valence-corrected chi connectivity index (χ1v) is 7.58. The largest absolute Gasteiger partial charge is 0.328 e. The van der Waals surface area contributed by atoms with Crippen molar-refractivity contribution in [3.8, 4) is 0 Å². The van der Waals surface area contributed by atoms with Crippen LogP contribution in [0.3, 0.4) is 0 Å². The van der Waals surface area contributed by atoms with E-state index in [4.69, 9.17) is 17.3 Å². The zero-order valence-electron chi connectivity index (χ0n) is 10.8. The Kier molecular flexibility index (Phi) is 5.25. The Bertz CT molecular complexity index is 526. The molecule has 1 heterocycles. The Morgan fingerprint density at radius 2 is 2.00 bits per heavy atom. The predicted octanol–water partition coefficient (Wildman–Crippen LogP) is 3.92. The summed E-state index contributed by atoms with van der Waals surface area (Å²) in [6, 6.07) is 12.1. The summed E-state index contributed by atoms with van der Waals surface area (Å²) >= 11 is 7.62. The molecule has 0 aliphatic rings. The van der Waals surface area contributed by atoms with Crippen LogP contribution >= 0.6 is 23.4 Å². The molecule has 100 valence electrons. The van der Waals surface area contributed by atoms with Crippen molar-refractivity contribution in [2.24, 2.45) is 5.73 Å². The lowest BCUT2D eigenvalue weighted by molar-refractivity contribution is 0.722. The predicted molar refractivity (Wildman–Crippen MR) is 82.6 cm³/mol. The minimum Gasteiger partial charge on any atom is -0.328 e. The highest BCUT2D eigenvalue weighted by molar-refractivity contribution is 7.98. The van der Waals surface area contributed by atoms with Crippen LogP contribution in [0.4, 0.5) is 0 Å². The summed E-state index contributed by atoms with van der Waals surface area (Å²) in [5.74, 6) is 0.889. The molecule has 1 unspecified atom stereocenters. The molecular formula is C15H17ClN2S. The Morgan fingerprint density at radius 1 is 1.26 bits per heavy atom. The minimum atomic E-state index is 0.152. The van der Waals surface area contributed by atoms with Gasteiger partial charge in [-0.05, 0) is 42.7 Å². The summed E-state index contributed by atoms with van der Waals surface area (Å²) in [6.45, 7) is 2.01. The number of hydrogen-bond acceptors (Lipinski definition) is 3. The number of thioether (sulfide) groups is 1. The van der Waals surface area contributed by atoms with Gasteiger partial charge in [0.05, 0.1) is 5.03 Å². The van der Waals surface area contributed by atoms with Gasteiger partial charge in [-0.2, -0.15) is 0 Å². The first kappa shape index (κ1) is 14.4. The Morgan fingerprint density at radius 3 is 2.68 bits per heavy atom. The van der Waals surface area contributed by atoms with E-state index >= 15 is 0 Å². The molecule has 0 aliphatic heterocycles. The van der Waals surface area contributed by atoms with Gasteiger partial charge >= 0.3 is 0 Å². The molecule has 1 atom stereocenters. The van der Waals surface area contributed by atoms with Crippen molar-refractivity contribution in [2.45, 2.75) is 30.2 Å². The number of benzene rings is 1.